The van der Waals surface area contributed by atoms with Gasteiger partial charge in [0.2, 0.25) is 5.91 Å². The van der Waals surface area contributed by atoms with Crippen LogP contribution in [0.2, 0.25) is 0 Å². The summed E-state index contributed by atoms with van der Waals surface area (Å²) in [6.45, 7) is 7.83. The van der Waals surface area contributed by atoms with E-state index in [-0.39, 0.29) is 17.9 Å². The minimum Gasteiger partial charge on any atom is -0.340 e. The molecule has 0 saturated carbocycles. The quantitative estimate of drug-likeness (QED) is 0.765. The molecule has 1 fully saturated rings. The van der Waals surface area contributed by atoms with Crippen LogP contribution in [0.25, 0.3) is 0 Å². The second kappa shape index (κ2) is 6.21. The van der Waals surface area contributed by atoms with Crippen LogP contribution in [0.5, 0.6) is 0 Å². The number of rotatable bonds is 3. The van der Waals surface area contributed by atoms with Gasteiger partial charge in [-0.25, -0.2) is 0 Å². The molecule has 0 aromatic carbocycles. The lowest BCUT2D eigenvalue weighted by atomic mass is 9.99. The van der Waals surface area contributed by atoms with Gasteiger partial charge in [0, 0.05) is 19.6 Å². The molecule has 0 bridgehead atoms. The van der Waals surface area contributed by atoms with Gasteiger partial charge in [0.15, 0.2) is 0 Å². The lowest BCUT2D eigenvalue weighted by molar-refractivity contribution is -0.133. The first kappa shape index (κ1) is 13.5. The third kappa shape index (κ3) is 3.46. The Kier molecular flexibility index (Phi) is 5.22. The van der Waals surface area contributed by atoms with E-state index in [0.717, 1.165) is 39.0 Å². The zero-order chi connectivity index (χ0) is 12.1. The minimum absolute atomic E-state index is 0.129. The largest absolute Gasteiger partial charge is 0.340 e. The number of hydrogen-bond donors (Lipinski definition) is 1. The van der Waals surface area contributed by atoms with Gasteiger partial charge in [-0.1, -0.05) is 20.3 Å². The zero-order valence-corrected chi connectivity index (χ0v) is 10.8. The van der Waals surface area contributed by atoms with Gasteiger partial charge < -0.3 is 15.5 Å². The first-order valence-corrected chi connectivity index (χ1v) is 6.29. The number of likely N-dealkylation sites (N-methyl/N-ethyl adjacent to an activating group) is 1. The molecule has 1 aliphatic rings. The summed E-state index contributed by atoms with van der Waals surface area (Å²) >= 11 is 0. The van der Waals surface area contributed by atoms with Gasteiger partial charge in [0.1, 0.15) is 0 Å². The van der Waals surface area contributed by atoms with Crippen molar-refractivity contribution in [3.63, 3.8) is 0 Å². The van der Waals surface area contributed by atoms with E-state index in [9.17, 15) is 4.79 Å². The Morgan fingerprint density at radius 1 is 1.31 bits per heavy atom. The summed E-state index contributed by atoms with van der Waals surface area (Å²) in [7, 11) is 2.10. The molecule has 94 valence electrons. The number of nitrogens with two attached hydrogens (primary N) is 1. The van der Waals surface area contributed by atoms with E-state index in [1.165, 1.54) is 0 Å². The molecule has 1 rings (SSSR count). The molecule has 0 spiro atoms. The molecular weight excluding hydrogens is 202 g/mol. The Labute approximate surface area is 98.8 Å². The predicted molar refractivity (Wildman–Crippen MR) is 66.1 cm³/mol. The number of amides is 1. The monoisotopic (exact) mass is 227 g/mol. The second-order valence-corrected chi connectivity index (χ2v) is 4.89. The topological polar surface area (TPSA) is 49.6 Å². The van der Waals surface area contributed by atoms with Crippen LogP contribution in [0.1, 0.15) is 26.7 Å². The molecule has 16 heavy (non-hydrogen) atoms. The highest BCUT2D eigenvalue weighted by molar-refractivity contribution is 5.82. The van der Waals surface area contributed by atoms with E-state index in [1.54, 1.807) is 0 Å². The SMILES string of the molecule is CCC(C)C(N)C(=O)N1CCCN(C)CC1. The maximum absolute atomic E-state index is 12.1. The highest BCUT2D eigenvalue weighted by Gasteiger charge is 2.25. The molecule has 1 saturated heterocycles. The highest BCUT2D eigenvalue weighted by Crippen LogP contribution is 2.10. The van der Waals surface area contributed by atoms with Gasteiger partial charge in [-0.3, -0.25) is 4.79 Å². The average Bonchev–Trinajstić information content (AvgIpc) is 2.51. The summed E-state index contributed by atoms with van der Waals surface area (Å²) in [5.74, 6) is 0.401. The van der Waals surface area contributed by atoms with Gasteiger partial charge >= 0.3 is 0 Å². The smallest absolute Gasteiger partial charge is 0.239 e. The lowest BCUT2D eigenvalue weighted by Gasteiger charge is -2.26. The average molecular weight is 227 g/mol. The number of carbonyl (C=O) groups excluding carboxylic acids is 1. The van der Waals surface area contributed by atoms with E-state index in [2.05, 4.69) is 18.9 Å². The van der Waals surface area contributed by atoms with Crippen molar-refractivity contribution >= 4 is 5.91 Å². The van der Waals surface area contributed by atoms with Crippen molar-refractivity contribution in [2.45, 2.75) is 32.7 Å². The van der Waals surface area contributed by atoms with Gasteiger partial charge in [-0.15, -0.1) is 0 Å². The molecule has 0 aromatic heterocycles. The molecule has 0 aliphatic carbocycles. The van der Waals surface area contributed by atoms with E-state index in [4.69, 9.17) is 5.73 Å². The number of hydrogen-bond acceptors (Lipinski definition) is 3. The van der Waals surface area contributed by atoms with Crippen molar-refractivity contribution in [3.05, 3.63) is 0 Å². The Morgan fingerprint density at radius 3 is 2.62 bits per heavy atom. The number of carbonyl (C=O) groups is 1. The third-order valence-corrected chi connectivity index (χ3v) is 3.57. The van der Waals surface area contributed by atoms with Crippen molar-refractivity contribution in [1.82, 2.24) is 9.80 Å². The molecule has 1 amide bonds. The van der Waals surface area contributed by atoms with Gasteiger partial charge in [0.05, 0.1) is 6.04 Å². The summed E-state index contributed by atoms with van der Waals surface area (Å²) in [6.07, 6.45) is 2.01. The van der Waals surface area contributed by atoms with Gasteiger partial charge in [0.25, 0.3) is 0 Å². The van der Waals surface area contributed by atoms with Crippen LogP contribution >= 0.6 is 0 Å². The van der Waals surface area contributed by atoms with Crippen LogP contribution in [-0.4, -0.2) is 55.0 Å². The van der Waals surface area contributed by atoms with Gasteiger partial charge in [-0.05, 0) is 25.9 Å². The van der Waals surface area contributed by atoms with E-state index < -0.39 is 0 Å². The summed E-state index contributed by atoms with van der Waals surface area (Å²) < 4.78 is 0. The fourth-order valence-electron chi connectivity index (χ4n) is 1.98. The van der Waals surface area contributed by atoms with Crippen LogP contribution in [-0.2, 0) is 4.79 Å². The fraction of sp³-hybridized carbons (Fsp3) is 0.917. The molecule has 2 unspecified atom stereocenters. The Balaban J connectivity index is 2.52. The molecule has 0 radical (unpaired) electrons. The van der Waals surface area contributed by atoms with Crippen LogP contribution in [0.3, 0.4) is 0 Å². The Morgan fingerprint density at radius 2 is 2.00 bits per heavy atom. The van der Waals surface area contributed by atoms with Crippen molar-refractivity contribution in [3.8, 4) is 0 Å². The first-order chi connectivity index (χ1) is 7.56. The molecule has 2 atom stereocenters. The van der Waals surface area contributed by atoms with Crippen LogP contribution in [0.4, 0.5) is 0 Å². The Bertz CT molecular complexity index is 232. The maximum atomic E-state index is 12.1. The normalized spacial score (nSPS) is 22.6. The molecule has 0 aromatic rings. The van der Waals surface area contributed by atoms with Gasteiger partial charge in [-0.2, -0.15) is 0 Å². The molecular formula is C12H25N3O. The second-order valence-electron chi connectivity index (χ2n) is 4.89. The standard InChI is InChI=1S/C12H25N3O/c1-4-10(2)11(13)12(16)15-7-5-6-14(3)8-9-15/h10-11H,4-9,13H2,1-3H3. The summed E-state index contributed by atoms with van der Waals surface area (Å²) in [5.41, 5.74) is 5.98. The highest BCUT2D eigenvalue weighted by atomic mass is 16.2. The zero-order valence-electron chi connectivity index (χ0n) is 10.8. The van der Waals surface area contributed by atoms with Crippen molar-refractivity contribution in [2.24, 2.45) is 11.7 Å². The van der Waals surface area contributed by atoms with Crippen LogP contribution in [0.15, 0.2) is 0 Å². The summed E-state index contributed by atoms with van der Waals surface area (Å²) in [4.78, 5) is 16.3. The van der Waals surface area contributed by atoms with E-state index in [1.807, 2.05) is 11.8 Å². The summed E-state index contributed by atoms with van der Waals surface area (Å²) in [5, 5.41) is 0. The predicted octanol–water partition coefficient (Wildman–Crippen LogP) is 0.524. The van der Waals surface area contributed by atoms with E-state index in [0.29, 0.717) is 0 Å². The van der Waals surface area contributed by atoms with Crippen LogP contribution < -0.4 is 5.73 Å². The van der Waals surface area contributed by atoms with Crippen molar-refractivity contribution < 1.29 is 4.79 Å². The fourth-order valence-corrected chi connectivity index (χ4v) is 1.98. The Hall–Kier alpha value is -0.610. The van der Waals surface area contributed by atoms with Crippen molar-refractivity contribution in [2.75, 3.05) is 33.2 Å². The molecule has 1 aliphatic heterocycles. The minimum atomic E-state index is -0.326. The maximum Gasteiger partial charge on any atom is 0.239 e. The molecule has 1 heterocycles. The lowest BCUT2D eigenvalue weighted by Crippen LogP contribution is -2.48. The molecule has 4 heteroatoms. The van der Waals surface area contributed by atoms with Crippen LogP contribution in [0, 0.1) is 5.92 Å². The summed E-state index contributed by atoms with van der Waals surface area (Å²) in [6, 6.07) is -0.326. The van der Waals surface area contributed by atoms with Crippen molar-refractivity contribution in [1.29, 1.82) is 0 Å². The molecule has 4 nitrogen and oxygen atoms in total. The first-order valence-electron chi connectivity index (χ1n) is 6.29. The third-order valence-electron chi connectivity index (χ3n) is 3.57. The van der Waals surface area contributed by atoms with E-state index >= 15 is 0 Å². The molecule has 2 N–H and O–H groups in total. The number of nitrogens with zero attached hydrogens (tertiary/aromatic N) is 2.